The van der Waals surface area contributed by atoms with Crippen LogP contribution in [0.25, 0.3) is 10.8 Å². The summed E-state index contributed by atoms with van der Waals surface area (Å²) in [6.07, 6.45) is 2.34. The van der Waals surface area contributed by atoms with Gasteiger partial charge < -0.3 is 21.1 Å². The van der Waals surface area contributed by atoms with Gasteiger partial charge in [-0.1, -0.05) is 66.2 Å². The minimum atomic E-state index is -0.738. The monoisotopic (exact) mass is 493 g/mol. The summed E-state index contributed by atoms with van der Waals surface area (Å²) in [5.41, 5.74) is 1.92. The van der Waals surface area contributed by atoms with Crippen LogP contribution in [0.3, 0.4) is 0 Å². The molecule has 4 rings (SSSR count). The summed E-state index contributed by atoms with van der Waals surface area (Å²) >= 11 is 5.97. The van der Waals surface area contributed by atoms with Crippen molar-refractivity contribution >= 4 is 34.2 Å². The second kappa shape index (κ2) is 12.2. The second-order valence-electron chi connectivity index (χ2n) is 9.19. The van der Waals surface area contributed by atoms with Crippen LogP contribution in [0.5, 0.6) is 0 Å². The van der Waals surface area contributed by atoms with Crippen LogP contribution in [0.2, 0.25) is 5.02 Å². The van der Waals surface area contributed by atoms with Gasteiger partial charge in [0, 0.05) is 17.4 Å². The molecule has 1 heterocycles. The molecule has 1 saturated heterocycles. The topological polar surface area (TPSA) is 90.5 Å². The summed E-state index contributed by atoms with van der Waals surface area (Å²) in [6, 6.07) is 20.3. The minimum Gasteiger partial charge on any atom is -0.394 e. The summed E-state index contributed by atoms with van der Waals surface area (Å²) in [7, 11) is 0. The predicted octanol–water partition coefficient (Wildman–Crippen LogP) is 3.24. The third kappa shape index (κ3) is 7.04. The number of carbonyl (C=O) groups excluding carboxylic acids is 2. The number of fused-ring (bicyclic) bond motifs is 1. The molecule has 1 aliphatic rings. The van der Waals surface area contributed by atoms with E-state index in [4.69, 9.17) is 11.6 Å². The molecule has 0 radical (unpaired) electrons. The molecule has 0 aliphatic carbocycles. The van der Waals surface area contributed by atoms with Crippen LogP contribution in [0.4, 0.5) is 0 Å². The number of aliphatic hydroxyl groups is 1. The van der Waals surface area contributed by atoms with Gasteiger partial charge in [0.15, 0.2) is 0 Å². The fourth-order valence-electron chi connectivity index (χ4n) is 4.55. The standard InChI is InChI=1S/C28H32ClN3O3/c29-24-9-6-19(7-10-24)16-25(18-33)31-28(35)26(32-27(34)22-11-13-30-14-12-22)17-20-5-8-21-3-1-2-4-23(21)15-20/h1-10,15,22,25-26,30,33H,11-14,16-18H2,(H,31,35)(H,32,34)/t25?,26-/m1/s1. The highest BCUT2D eigenvalue weighted by molar-refractivity contribution is 6.30. The number of benzene rings is 3. The highest BCUT2D eigenvalue weighted by atomic mass is 35.5. The van der Waals surface area contributed by atoms with Crippen LogP contribution in [0, 0.1) is 5.92 Å². The van der Waals surface area contributed by atoms with Gasteiger partial charge in [0.25, 0.3) is 0 Å². The molecule has 2 amide bonds. The third-order valence-corrected chi connectivity index (χ3v) is 6.81. The molecular formula is C28H32ClN3O3. The Bertz CT molecular complexity index is 1150. The van der Waals surface area contributed by atoms with E-state index in [1.54, 1.807) is 12.1 Å². The molecular weight excluding hydrogens is 462 g/mol. The maximum Gasteiger partial charge on any atom is 0.243 e. The lowest BCUT2D eigenvalue weighted by molar-refractivity contribution is -0.132. The van der Waals surface area contributed by atoms with E-state index in [0.29, 0.717) is 17.9 Å². The highest BCUT2D eigenvalue weighted by Gasteiger charge is 2.28. The van der Waals surface area contributed by atoms with Crippen molar-refractivity contribution in [3.63, 3.8) is 0 Å². The van der Waals surface area contributed by atoms with E-state index in [9.17, 15) is 14.7 Å². The van der Waals surface area contributed by atoms with Crippen molar-refractivity contribution in [3.8, 4) is 0 Å². The fourth-order valence-corrected chi connectivity index (χ4v) is 4.68. The van der Waals surface area contributed by atoms with Gasteiger partial charge in [0.05, 0.1) is 12.6 Å². The number of aliphatic hydroxyl groups excluding tert-OH is 1. The predicted molar refractivity (Wildman–Crippen MR) is 139 cm³/mol. The number of piperidine rings is 1. The van der Waals surface area contributed by atoms with Crippen molar-refractivity contribution < 1.29 is 14.7 Å². The van der Waals surface area contributed by atoms with Gasteiger partial charge in [-0.25, -0.2) is 0 Å². The van der Waals surface area contributed by atoms with Gasteiger partial charge in [0.1, 0.15) is 6.04 Å². The Labute approximate surface area is 211 Å². The maximum atomic E-state index is 13.4. The highest BCUT2D eigenvalue weighted by Crippen LogP contribution is 2.18. The normalized spacial score (nSPS) is 15.9. The van der Waals surface area contributed by atoms with Crippen LogP contribution < -0.4 is 16.0 Å². The second-order valence-corrected chi connectivity index (χ2v) is 9.63. The van der Waals surface area contributed by atoms with Gasteiger partial charge in [-0.2, -0.15) is 0 Å². The van der Waals surface area contributed by atoms with E-state index in [1.165, 1.54) is 0 Å². The summed E-state index contributed by atoms with van der Waals surface area (Å²) in [5.74, 6) is -0.495. The van der Waals surface area contributed by atoms with E-state index < -0.39 is 12.1 Å². The first-order chi connectivity index (χ1) is 17.0. The Balaban J connectivity index is 1.49. The number of rotatable bonds is 9. The van der Waals surface area contributed by atoms with Crippen LogP contribution >= 0.6 is 11.6 Å². The first kappa shape index (κ1) is 25.2. The number of nitrogens with one attached hydrogen (secondary N) is 3. The van der Waals surface area contributed by atoms with Gasteiger partial charge in [-0.3, -0.25) is 9.59 Å². The maximum absolute atomic E-state index is 13.4. The first-order valence-electron chi connectivity index (χ1n) is 12.2. The van der Waals surface area contributed by atoms with Crippen LogP contribution in [-0.4, -0.2) is 48.7 Å². The lowest BCUT2D eigenvalue weighted by atomic mass is 9.95. The summed E-state index contributed by atoms with van der Waals surface area (Å²) in [6.45, 7) is 1.39. The summed E-state index contributed by atoms with van der Waals surface area (Å²) in [4.78, 5) is 26.4. The molecule has 6 nitrogen and oxygen atoms in total. The van der Waals surface area contributed by atoms with Crippen LogP contribution in [-0.2, 0) is 22.4 Å². The summed E-state index contributed by atoms with van der Waals surface area (Å²) < 4.78 is 0. The third-order valence-electron chi connectivity index (χ3n) is 6.56. The molecule has 4 N–H and O–H groups in total. The fraction of sp³-hybridized carbons (Fsp3) is 0.357. The lowest BCUT2D eigenvalue weighted by Crippen LogP contribution is -2.53. The van der Waals surface area contributed by atoms with Crippen molar-refractivity contribution in [1.29, 1.82) is 0 Å². The number of amides is 2. The van der Waals surface area contributed by atoms with Crippen molar-refractivity contribution in [3.05, 3.63) is 82.9 Å². The Kier molecular flexibility index (Phi) is 8.74. The molecule has 2 atom stereocenters. The zero-order valence-electron chi connectivity index (χ0n) is 19.7. The van der Waals surface area contributed by atoms with E-state index in [-0.39, 0.29) is 24.3 Å². The quantitative estimate of drug-likeness (QED) is 0.368. The van der Waals surface area contributed by atoms with E-state index in [1.807, 2.05) is 48.5 Å². The van der Waals surface area contributed by atoms with Gasteiger partial charge in [-0.15, -0.1) is 0 Å². The smallest absolute Gasteiger partial charge is 0.243 e. The van der Waals surface area contributed by atoms with Gasteiger partial charge in [-0.05, 0) is 66.4 Å². The Hall–Kier alpha value is -2.93. The largest absolute Gasteiger partial charge is 0.394 e. The van der Waals surface area contributed by atoms with Crippen molar-refractivity contribution in [2.24, 2.45) is 5.92 Å². The van der Waals surface area contributed by atoms with Crippen LogP contribution in [0.1, 0.15) is 24.0 Å². The lowest BCUT2D eigenvalue weighted by Gasteiger charge is -2.26. The Morgan fingerprint density at radius 3 is 2.31 bits per heavy atom. The number of halogens is 1. The van der Waals surface area contributed by atoms with Gasteiger partial charge in [0.2, 0.25) is 11.8 Å². The molecule has 1 aliphatic heterocycles. The average Bonchev–Trinajstić information content (AvgIpc) is 2.89. The van der Waals surface area contributed by atoms with Crippen LogP contribution in [0.15, 0.2) is 66.7 Å². The molecule has 35 heavy (non-hydrogen) atoms. The molecule has 3 aromatic carbocycles. The number of carbonyl (C=O) groups is 2. The minimum absolute atomic E-state index is 0.0920. The number of hydrogen-bond acceptors (Lipinski definition) is 4. The molecule has 0 aromatic heterocycles. The molecule has 0 saturated carbocycles. The van der Waals surface area contributed by atoms with Crippen molar-refractivity contribution in [1.82, 2.24) is 16.0 Å². The molecule has 1 unspecified atom stereocenters. The molecule has 0 bridgehead atoms. The zero-order chi connectivity index (χ0) is 24.6. The average molecular weight is 494 g/mol. The van der Waals surface area contributed by atoms with Gasteiger partial charge >= 0.3 is 0 Å². The van der Waals surface area contributed by atoms with E-state index >= 15 is 0 Å². The molecule has 3 aromatic rings. The SMILES string of the molecule is O=C(N[C@H](Cc1ccc2ccccc2c1)C(=O)NC(CO)Cc1ccc(Cl)cc1)C1CCNCC1. The summed E-state index contributed by atoms with van der Waals surface area (Å²) in [5, 5.41) is 22.0. The van der Waals surface area contributed by atoms with E-state index in [2.05, 4.69) is 22.0 Å². The Morgan fingerprint density at radius 1 is 0.914 bits per heavy atom. The Morgan fingerprint density at radius 2 is 1.60 bits per heavy atom. The van der Waals surface area contributed by atoms with Crippen molar-refractivity contribution in [2.75, 3.05) is 19.7 Å². The number of hydrogen-bond donors (Lipinski definition) is 4. The first-order valence-corrected chi connectivity index (χ1v) is 12.5. The zero-order valence-corrected chi connectivity index (χ0v) is 20.4. The molecule has 0 spiro atoms. The molecule has 7 heteroatoms. The molecule has 1 fully saturated rings. The molecule has 184 valence electrons. The van der Waals surface area contributed by atoms with Crippen molar-refractivity contribution in [2.45, 2.75) is 37.8 Å². The van der Waals surface area contributed by atoms with E-state index in [0.717, 1.165) is 47.8 Å².